The number of nitrogens with one attached hydrogen (secondary N) is 1. The number of amides is 1. The molecule has 1 N–H and O–H groups in total. The van der Waals surface area contributed by atoms with Gasteiger partial charge in [0, 0.05) is 19.3 Å². The fourth-order valence-electron chi connectivity index (χ4n) is 4.72. The summed E-state index contributed by atoms with van der Waals surface area (Å²) < 4.78 is 8.19. The van der Waals surface area contributed by atoms with Crippen LogP contribution >= 0.6 is 0 Å². The van der Waals surface area contributed by atoms with Gasteiger partial charge in [0.1, 0.15) is 16.8 Å². The summed E-state index contributed by atoms with van der Waals surface area (Å²) in [4.78, 5) is 45.4. The lowest BCUT2D eigenvalue weighted by atomic mass is 9.96. The Labute approximate surface area is 207 Å². The van der Waals surface area contributed by atoms with E-state index in [1.54, 1.807) is 40.8 Å². The number of fused-ring (bicyclic) bond motifs is 2. The first kappa shape index (κ1) is 23.5. The molecule has 1 fully saturated rings. The molecule has 0 spiro atoms. The SMILES string of the molecule is CCOC(=O)C1CCN(C(=O)c2cc3c(=O)n4ccccc4nc3n(Cc3ccccc3)c2=N)CC1. The van der Waals surface area contributed by atoms with E-state index < -0.39 is 0 Å². The van der Waals surface area contributed by atoms with Crippen LogP contribution in [-0.2, 0) is 16.1 Å². The third-order valence-corrected chi connectivity index (χ3v) is 6.63. The van der Waals surface area contributed by atoms with E-state index in [-0.39, 0.29) is 46.3 Å². The van der Waals surface area contributed by atoms with Crippen LogP contribution in [0.4, 0.5) is 0 Å². The molecule has 5 rings (SSSR count). The molecular weight excluding hydrogens is 458 g/mol. The Hall–Kier alpha value is -4.27. The quantitative estimate of drug-likeness (QED) is 0.345. The van der Waals surface area contributed by atoms with Crippen LogP contribution in [0.1, 0.15) is 35.7 Å². The number of carbonyl (C=O) groups is 2. The summed E-state index contributed by atoms with van der Waals surface area (Å²) >= 11 is 0. The van der Waals surface area contributed by atoms with Crippen LogP contribution in [-0.4, -0.2) is 50.4 Å². The van der Waals surface area contributed by atoms with Crippen LogP contribution in [0.3, 0.4) is 0 Å². The van der Waals surface area contributed by atoms with Crippen LogP contribution in [0.2, 0.25) is 0 Å². The Balaban J connectivity index is 1.59. The van der Waals surface area contributed by atoms with Crippen LogP contribution in [0.25, 0.3) is 16.7 Å². The highest BCUT2D eigenvalue weighted by atomic mass is 16.5. The molecule has 184 valence electrons. The normalized spacial score (nSPS) is 14.3. The van der Waals surface area contributed by atoms with E-state index in [0.29, 0.717) is 43.8 Å². The average Bonchev–Trinajstić information content (AvgIpc) is 2.91. The van der Waals surface area contributed by atoms with Crippen molar-refractivity contribution in [3.8, 4) is 0 Å². The minimum absolute atomic E-state index is 0.00366. The first-order valence-corrected chi connectivity index (χ1v) is 12.1. The van der Waals surface area contributed by atoms with Crippen molar-refractivity contribution in [2.75, 3.05) is 19.7 Å². The van der Waals surface area contributed by atoms with E-state index in [0.717, 1.165) is 5.56 Å². The molecule has 1 saturated heterocycles. The maximum Gasteiger partial charge on any atom is 0.309 e. The number of ether oxygens (including phenoxy) is 1. The number of esters is 1. The van der Waals surface area contributed by atoms with Crippen LogP contribution in [0.5, 0.6) is 0 Å². The van der Waals surface area contributed by atoms with Crippen molar-refractivity contribution in [1.82, 2.24) is 18.9 Å². The number of pyridine rings is 2. The van der Waals surface area contributed by atoms with Gasteiger partial charge in [0.25, 0.3) is 11.5 Å². The van der Waals surface area contributed by atoms with E-state index in [4.69, 9.17) is 10.1 Å². The van der Waals surface area contributed by atoms with Gasteiger partial charge in [0.05, 0.1) is 30.0 Å². The highest BCUT2D eigenvalue weighted by Gasteiger charge is 2.30. The standard InChI is InChI=1S/C27H27N5O4/c1-2-36-27(35)19-11-14-30(15-12-19)25(33)20-16-21-24(29-22-10-6-7-13-31(22)26(21)34)32(23(20)28)17-18-8-4-3-5-9-18/h3-10,13,16,19,28H,2,11-12,14-15,17H2,1H3. The second-order valence-corrected chi connectivity index (χ2v) is 8.88. The molecule has 1 amide bonds. The fourth-order valence-corrected chi connectivity index (χ4v) is 4.72. The number of rotatable bonds is 5. The predicted octanol–water partition coefficient (Wildman–Crippen LogP) is 2.59. The molecule has 1 aliphatic heterocycles. The molecule has 4 aromatic rings. The maximum absolute atomic E-state index is 13.6. The summed E-state index contributed by atoms with van der Waals surface area (Å²) in [6, 6.07) is 16.4. The molecule has 0 saturated carbocycles. The van der Waals surface area contributed by atoms with Gasteiger partial charge in [-0.05, 0) is 43.5 Å². The Morgan fingerprint density at radius 3 is 2.53 bits per heavy atom. The van der Waals surface area contributed by atoms with Gasteiger partial charge in [0.2, 0.25) is 0 Å². The van der Waals surface area contributed by atoms with E-state index >= 15 is 0 Å². The zero-order valence-corrected chi connectivity index (χ0v) is 20.0. The van der Waals surface area contributed by atoms with Gasteiger partial charge in [-0.15, -0.1) is 0 Å². The molecule has 0 bridgehead atoms. The van der Waals surface area contributed by atoms with E-state index in [9.17, 15) is 14.4 Å². The lowest BCUT2D eigenvalue weighted by Gasteiger charge is -2.31. The Bertz CT molecular complexity index is 1570. The van der Waals surface area contributed by atoms with E-state index in [2.05, 4.69) is 4.98 Å². The smallest absolute Gasteiger partial charge is 0.309 e. The first-order chi connectivity index (χ1) is 17.5. The highest BCUT2D eigenvalue weighted by Crippen LogP contribution is 2.21. The van der Waals surface area contributed by atoms with Gasteiger partial charge in [-0.3, -0.25) is 24.2 Å². The van der Waals surface area contributed by atoms with Crippen LogP contribution in [0.15, 0.2) is 65.6 Å². The summed E-state index contributed by atoms with van der Waals surface area (Å²) in [6.45, 7) is 3.16. The number of piperidine rings is 1. The highest BCUT2D eigenvalue weighted by molar-refractivity contribution is 5.97. The number of carbonyl (C=O) groups excluding carboxylic acids is 2. The molecule has 4 heterocycles. The van der Waals surface area contributed by atoms with Crippen molar-refractivity contribution >= 4 is 28.6 Å². The van der Waals surface area contributed by atoms with Crippen molar-refractivity contribution < 1.29 is 14.3 Å². The summed E-state index contributed by atoms with van der Waals surface area (Å²) in [5, 5.41) is 9.23. The molecule has 0 unspecified atom stereocenters. The van der Waals surface area contributed by atoms with Gasteiger partial charge >= 0.3 is 5.97 Å². The predicted molar refractivity (Wildman–Crippen MR) is 134 cm³/mol. The van der Waals surface area contributed by atoms with Gasteiger partial charge < -0.3 is 14.2 Å². The second-order valence-electron chi connectivity index (χ2n) is 8.88. The summed E-state index contributed by atoms with van der Waals surface area (Å²) in [6.07, 6.45) is 2.65. The Morgan fingerprint density at radius 2 is 1.81 bits per heavy atom. The molecule has 9 heteroatoms. The minimum atomic E-state index is -0.330. The van der Waals surface area contributed by atoms with E-state index in [1.165, 1.54) is 10.5 Å². The number of likely N-dealkylation sites (tertiary alicyclic amines) is 1. The zero-order valence-electron chi connectivity index (χ0n) is 20.0. The summed E-state index contributed by atoms with van der Waals surface area (Å²) in [5.41, 5.74) is 1.59. The number of benzene rings is 1. The zero-order chi connectivity index (χ0) is 25.2. The summed E-state index contributed by atoms with van der Waals surface area (Å²) in [5.74, 6) is -0.795. The van der Waals surface area contributed by atoms with Crippen molar-refractivity contribution in [2.45, 2.75) is 26.3 Å². The first-order valence-electron chi connectivity index (χ1n) is 12.1. The second kappa shape index (κ2) is 9.77. The third-order valence-electron chi connectivity index (χ3n) is 6.63. The Kier molecular flexibility index (Phi) is 6.37. The van der Waals surface area contributed by atoms with Crippen LogP contribution in [0, 0.1) is 11.3 Å². The number of hydrogen-bond donors (Lipinski definition) is 1. The fraction of sp³-hybridized carbons (Fsp3) is 0.296. The molecular formula is C27H27N5O4. The third kappa shape index (κ3) is 4.28. The topological polar surface area (TPSA) is 110 Å². The van der Waals surface area contributed by atoms with Crippen molar-refractivity contribution in [3.63, 3.8) is 0 Å². The molecule has 1 aromatic carbocycles. The monoisotopic (exact) mass is 485 g/mol. The van der Waals surface area contributed by atoms with Crippen molar-refractivity contribution in [1.29, 1.82) is 5.41 Å². The number of nitrogens with zero attached hydrogens (tertiary/aromatic N) is 4. The van der Waals surface area contributed by atoms with Gasteiger partial charge in [-0.25, -0.2) is 4.98 Å². The average molecular weight is 486 g/mol. The minimum Gasteiger partial charge on any atom is -0.466 e. The van der Waals surface area contributed by atoms with Crippen LogP contribution < -0.4 is 11.0 Å². The van der Waals surface area contributed by atoms with Crippen molar-refractivity contribution in [3.05, 3.63) is 87.8 Å². The molecule has 9 nitrogen and oxygen atoms in total. The lowest BCUT2D eigenvalue weighted by molar-refractivity contribution is -0.149. The van der Waals surface area contributed by atoms with E-state index in [1.807, 2.05) is 30.3 Å². The molecule has 0 aliphatic carbocycles. The van der Waals surface area contributed by atoms with Crippen molar-refractivity contribution in [2.24, 2.45) is 5.92 Å². The largest absolute Gasteiger partial charge is 0.466 e. The Morgan fingerprint density at radius 1 is 1.08 bits per heavy atom. The molecule has 36 heavy (non-hydrogen) atoms. The molecule has 0 radical (unpaired) electrons. The number of hydrogen-bond acceptors (Lipinski definition) is 6. The lowest BCUT2D eigenvalue weighted by Crippen LogP contribution is -2.43. The summed E-state index contributed by atoms with van der Waals surface area (Å²) in [7, 11) is 0. The van der Waals surface area contributed by atoms with Gasteiger partial charge in [-0.2, -0.15) is 0 Å². The maximum atomic E-state index is 13.6. The van der Waals surface area contributed by atoms with Gasteiger partial charge in [-0.1, -0.05) is 36.4 Å². The van der Waals surface area contributed by atoms with Gasteiger partial charge in [0.15, 0.2) is 0 Å². The molecule has 3 aromatic heterocycles. The molecule has 1 aliphatic rings. The molecule has 0 atom stereocenters. The number of aromatic nitrogens is 3.